The lowest BCUT2D eigenvalue weighted by Gasteiger charge is -2.22. The minimum absolute atomic E-state index is 0.180. The van der Waals surface area contributed by atoms with Crippen molar-refractivity contribution in [2.45, 2.75) is 38.1 Å². The van der Waals surface area contributed by atoms with Crippen LogP contribution in [0.25, 0.3) is 0 Å². The predicted molar refractivity (Wildman–Crippen MR) is 90.8 cm³/mol. The van der Waals surface area contributed by atoms with E-state index in [0.29, 0.717) is 22.8 Å². The molecule has 2 N–H and O–H groups in total. The van der Waals surface area contributed by atoms with Gasteiger partial charge >= 0.3 is 0 Å². The standard InChI is InChI=1S/C18H19N5O/c19-11-13-6-4-5-9-15(13)23-17-10-16(20-12-21-17)18(24)22-14-7-2-1-3-8-14/h4-6,9-10,12,14H,1-3,7-8H2,(H,22,24)(H,20,21,23). The molecule has 24 heavy (non-hydrogen) atoms. The maximum absolute atomic E-state index is 12.4. The number of nitriles is 1. The number of hydrogen-bond acceptors (Lipinski definition) is 5. The van der Waals surface area contributed by atoms with Gasteiger partial charge in [-0.1, -0.05) is 31.4 Å². The monoisotopic (exact) mass is 321 g/mol. The van der Waals surface area contributed by atoms with Crippen LogP contribution in [0.2, 0.25) is 0 Å². The Balaban J connectivity index is 1.71. The average molecular weight is 321 g/mol. The van der Waals surface area contributed by atoms with Crippen molar-refractivity contribution >= 4 is 17.4 Å². The maximum Gasteiger partial charge on any atom is 0.270 e. The first-order valence-corrected chi connectivity index (χ1v) is 8.15. The van der Waals surface area contributed by atoms with E-state index in [9.17, 15) is 4.79 Å². The fourth-order valence-electron chi connectivity index (χ4n) is 2.88. The zero-order valence-corrected chi connectivity index (χ0v) is 13.3. The van der Waals surface area contributed by atoms with E-state index in [2.05, 4.69) is 26.7 Å². The van der Waals surface area contributed by atoms with Crippen LogP contribution in [0, 0.1) is 11.3 Å². The smallest absolute Gasteiger partial charge is 0.270 e. The number of hydrogen-bond donors (Lipinski definition) is 2. The van der Waals surface area contributed by atoms with Crippen LogP contribution in [-0.4, -0.2) is 21.9 Å². The average Bonchev–Trinajstić information content (AvgIpc) is 2.63. The Morgan fingerprint density at radius 1 is 1.17 bits per heavy atom. The molecule has 1 fully saturated rings. The van der Waals surface area contributed by atoms with Crippen LogP contribution in [0.3, 0.4) is 0 Å². The summed E-state index contributed by atoms with van der Waals surface area (Å²) in [4.78, 5) is 20.5. The molecule has 6 nitrogen and oxygen atoms in total. The SMILES string of the molecule is N#Cc1ccccc1Nc1cc(C(=O)NC2CCCCC2)ncn1. The highest BCUT2D eigenvalue weighted by atomic mass is 16.1. The molecule has 0 radical (unpaired) electrons. The van der Waals surface area contributed by atoms with E-state index < -0.39 is 0 Å². The van der Waals surface area contributed by atoms with Crippen LogP contribution >= 0.6 is 0 Å². The Bertz CT molecular complexity index is 762. The molecule has 0 aliphatic heterocycles. The van der Waals surface area contributed by atoms with Crippen molar-refractivity contribution in [3.63, 3.8) is 0 Å². The van der Waals surface area contributed by atoms with Crippen LogP contribution in [0.4, 0.5) is 11.5 Å². The number of benzene rings is 1. The highest BCUT2D eigenvalue weighted by molar-refractivity contribution is 5.93. The largest absolute Gasteiger partial charge is 0.348 e. The van der Waals surface area contributed by atoms with Crippen LogP contribution in [0.1, 0.15) is 48.2 Å². The summed E-state index contributed by atoms with van der Waals surface area (Å²) < 4.78 is 0. The summed E-state index contributed by atoms with van der Waals surface area (Å²) in [5, 5.41) is 15.2. The van der Waals surface area contributed by atoms with Crippen LogP contribution < -0.4 is 10.6 Å². The molecule has 0 saturated heterocycles. The van der Waals surface area contributed by atoms with Gasteiger partial charge in [-0.3, -0.25) is 4.79 Å². The van der Waals surface area contributed by atoms with E-state index in [1.807, 2.05) is 6.07 Å². The number of para-hydroxylation sites is 1. The van der Waals surface area contributed by atoms with Crippen LogP contribution in [-0.2, 0) is 0 Å². The van der Waals surface area contributed by atoms with Crippen LogP contribution in [0.5, 0.6) is 0 Å². The Morgan fingerprint density at radius 3 is 2.75 bits per heavy atom. The summed E-state index contributed by atoms with van der Waals surface area (Å²) in [6.07, 6.45) is 6.97. The van der Waals surface area contributed by atoms with Gasteiger partial charge in [0.1, 0.15) is 23.9 Å². The van der Waals surface area contributed by atoms with E-state index in [4.69, 9.17) is 5.26 Å². The molecule has 0 spiro atoms. The van der Waals surface area contributed by atoms with Crippen molar-refractivity contribution in [3.8, 4) is 6.07 Å². The normalized spacial score (nSPS) is 14.6. The highest BCUT2D eigenvalue weighted by Gasteiger charge is 2.17. The molecular formula is C18H19N5O. The second-order valence-electron chi connectivity index (χ2n) is 5.88. The van der Waals surface area contributed by atoms with Crippen LogP contribution in [0.15, 0.2) is 36.7 Å². The van der Waals surface area contributed by atoms with Gasteiger partial charge in [-0.2, -0.15) is 5.26 Å². The Labute approximate surface area is 140 Å². The third-order valence-corrected chi connectivity index (χ3v) is 4.15. The Hall–Kier alpha value is -2.94. The molecule has 1 aromatic heterocycles. The third-order valence-electron chi connectivity index (χ3n) is 4.15. The fourth-order valence-corrected chi connectivity index (χ4v) is 2.88. The van der Waals surface area contributed by atoms with Gasteiger partial charge in [-0.15, -0.1) is 0 Å². The lowest BCUT2D eigenvalue weighted by molar-refractivity contribution is 0.0922. The number of amides is 1. The maximum atomic E-state index is 12.4. The Kier molecular flexibility index (Phi) is 5.02. The first kappa shape index (κ1) is 15.9. The lowest BCUT2D eigenvalue weighted by atomic mass is 9.95. The number of anilines is 2. The van der Waals surface area contributed by atoms with E-state index in [1.165, 1.54) is 12.7 Å². The number of aromatic nitrogens is 2. The third kappa shape index (κ3) is 3.87. The van der Waals surface area contributed by atoms with Gasteiger partial charge in [0.2, 0.25) is 0 Å². The van der Waals surface area contributed by atoms with Gasteiger partial charge < -0.3 is 10.6 Å². The van der Waals surface area contributed by atoms with E-state index >= 15 is 0 Å². The van der Waals surface area contributed by atoms with Crippen molar-refractivity contribution in [1.29, 1.82) is 5.26 Å². The predicted octanol–water partition coefficient (Wildman–Crippen LogP) is 3.15. The van der Waals surface area contributed by atoms with Crippen molar-refractivity contribution < 1.29 is 4.79 Å². The molecule has 122 valence electrons. The van der Waals surface area contributed by atoms with Gasteiger partial charge in [0.25, 0.3) is 5.91 Å². The first-order valence-electron chi connectivity index (χ1n) is 8.15. The quantitative estimate of drug-likeness (QED) is 0.902. The topological polar surface area (TPSA) is 90.7 Å². The summed E-state index contributed by atoms with van der Waals surface area (Å²) in [5.74, 6) is 0.308. The summed E-state index contributed by atoms with van der Waals surface area (Å²) in [5.41, 5.74) is 1.49. The number of nitrogens with one attached hydrogen (secondary N) is 2. The molecule has 1 aromatic carbocycles. The molecule has 2 aromatic rings. The summed E-state index contributed by atoms with van der Waals surface area (Å²) >= 11 is 0. The van der Waals surface area contributed by atoms with Gasteiger partial charge in [-0.05, 0) is 25.0 Å². The molecule has 6 heteroatoms. The minimum atomic E-state index is -0.180. The molecule has 1 aliphatic carbocycles. The minimum Gasteiger partial charge on any atom is -0.348 e. The molecule has 1 saturated carbocycles. The van der Waals surface area contributed by atoms with Gasteiger partial charge in [0.15, 0.2) is 0 Å². The van der Waals surface area contributed by atoms with Crippen molar-refractivity contribution in [3.05, 3.63) is 47.9 Å². The molecule has 3 rings (SSSR count). The second-order valence-corrected chi connectivity index (χ2v) is 5.88. The molecule has 1 heterocycles. The highest BCUT2D eigenvalue weighted by Crippen LogP contribution is 2.20. The van der Waals surface area contributed by atoms with E-state index in [-0.39, 0.29) is 11.9 Å². The number of nitrogens with zero attached hydrogens (tertiary/aromatic N) is 3. The van der Waals surface area contributed by atoms with Gasteiger partial charge in [-0.25, -0.2) is 9.97 Å². The first-order chi connectivity index (χ1) is 11.8. The molecule has 1 aliphatic rings. The molecule has 0 atom stereocenters. The molecule has 1 amide bonds. The zero-order chi connectivity index (χ0) is 16.8. The summed E-state index contributed by atoms with van der Waals surface area (Å²) in [6.45, 7) is 0. The summed E-state index contributed by atoms with van der Waals surface area (Å²) in [7, 11) is 0. The summed E-state index contributed by atoms with van der Waals surface area (Å²) in [6, 6.07) is 11.1. The Morgan fingerprint density at radius 2 is 1.96 bits per heavy atom. The lowest BCUT2D eigenvalue weighted by Crippen LogP contribution is -2.36. The van der Waals surface area contributed by atoms with Gasteiger partial charge in [0, 0.05) is 12.1 Å². The molecule has 0 bridgehead atoms. The van der Waals surface area contributed by atoms with E-state index in [0.717, 1.165) is 25.7 Å². The molecule has 0 unspecified atom stereocenters. The van der Waals surface area contributed by atoms with Crippen molar-refractivity contribution in [1.82, 2.24) is 15.3 Å². The van der Waals surface area contributed by atoms with Crippen molar-refractivity contribution in [2.75, 3.05) is 5.32 Å². The number of rotatable bonds is 4. The number of carbonyl (C=O) groups excluding carboxylic acids is 1. The fraction of sp³-hybridized carbons (Fsp3) is 0.333. The second kappa shape index (κ2) is 7.55. The zero-order valence-electron chi connectivity index (χ0n) is 13.3. The number of carbonyl (C=O) groups is 1. The molecular weight excluding hydrogens is 302 g/mol. The van der Waals surface area contributed by atoms with Crippen molar-refractivity contribution in [2.24, 2.45) is 0 Å². The van der Waals surface area contributed by atoms with Gasteiger partial charge in [0.05, 0.1) is 11.3 Å². The van der Waals surface area contributed by atoms with E-state index in [1.54, 1.807) is 24.3 Å².